The van der Waals surface area contributed by atoms with Crippen molar-refractivity contribution in [2.24, 2.45) is 11.1 Å². The number of hydrogen-bond acceptors (Lipinski definition) is 2. The molecule has 2 N–H and O–H groups in total. The molecule has 0 aromatic heterocycles. The third-order valence-corrected chi connectivity index (χ3v) is 5.13. The summed E-state index contributed by atoms with van der Waals surface area (Å²) in [6.45, 7) is 8.51. The van der Waals surface area contributed by atoms with Gasteiger partial charge in [0, 0.05) is 6.04 Å². The molecule has 1 fully saturated rings. The van der Waals surface area contributed by atoms with Crippen LogP contribution in [0.25, 0.3) is 0 Å². The quantitative estimate of drug-likeness (QED) is 0.850. The SMILES string of the molecule is CCC1(C)CCN(CCCC(N)c2ccccc2)CC1. The number of hydrogen-bond donors (Lipinski definition) is 1. The molecule has 1 unspecified atom stereocenters. The summed E-state index contributed by atoms with van der Waals surface area (Å²) < 4.78 is 0. The van der Waals surface area contributed by atoms with Crippen LogP contribution in [-0.2, 0) is 0 Å². The summed E-state index contributed by atoms with van der Waals surface area (Å²) in [5.41, 5.74) is 8.12. The van der Waals surface area contributed by atoms with Crippen LogP contribution in [0.3, 0.4) is 0 Å². The molecule has 1 saturated heterocycles. The molecule has 1 aromatic carbocycles. The van der Waals surface area contributed by atoms with Gasteiger partial charge < -0.3 is 10.6 Å². The van der Waals surface area contributed by atoms with Crippen molar-refractivity contribution in [2.45, 2.75) is 52.0 Å². The first-order valence-electron chi connectivity index (χ1n) is 8.16. The third kappa shape index (κ3) is 4.32. The molecular weight excluding hydrogens is 244 g/mol. The topological polar surface area (TPSA) is 29.3 Å². The van der Waals surface area contributed by atoms with Crippen molar-refractivity contribution in [3.05, 3.63) is 35.9 Å². The molecule has 2 rings (SSSR count). The van der Waals surface area contributed by atoms with E-state index in [1.165, 1.54) is 50.9 Å². The van der Waals surface area contributed by atoms with Gasteiger partial charge in [-0.15, -0.1) is 0 Å². The molecule has 112 valence electrons. The summed E-state index contributed by atoms with van der Waals surface area (Å²) in [5, 5.41) is 0. The molecule has 1 aliphatic rings. The summed E-state index contributed by atoms with van der Waals surface area (Å²) in [6.07, 6.45) is 6.33. The van der Waals surface area contributed by atoms with E-state index in [1.807, 2.05) is 0 Å². The molecule has 1 heterocycles. The summed E-state index contributed by atoms with van der Waals surface area (Å²) >= 11 is 0. The highest BCUT2D eigenvalue weighted by atomic mass is 15.1. The molecule has 1 aromatic rings. The molecule has 20 heavy (non-hydrogen) atoms. The van der Waals surface area contributed by atoms with Crippen LogP contribution in [0.15, 0.2) is 30.3 Å². The predicted octanol–water partition coefficient (Wildman–Crippen LogP) is 3.98. The van der Waals surface area contributed by atoms with Crippen molar-refractivity contribution in [1.82, 2.24) is 4.90 Å². The molecule has 0 amide bonds. The monoisotopic (exact) mass is 274 g/mol. The van der Waals surface area contributed by atoms with Crippen molar-refractivity contribution in [1.29, 1.82) is 0 Å². The standard InChI is InChI=1S/C18H30N2/c1-3-18(2)11-14-20(15-12-18)13-7-10-17(19)16-8-5-4-6-9-16/h4-6,8-9,17H,3,7,10-15,19H2,1-2H3. The van der Waals surface area contributed by atoms with Crippen LogP contribution in [0.1, 0.15) is 57.6 Å². The van der Waals surface area contributed by atoms with E-state index >= 15 is 0 Å². The zero-order valence-electron chi connectivity index (χ0n) is 13.1. The van der Waals surface area contributed by atoms with Crippen LogP contribution in [0.2, 0.25) is 0 Å². The van der Waals surface area contributed by atoms with Gasteiger partial charge in [0.25, 0.3) is 0 Å². The van der Waals surface area contributed by atoms with Crippen LogP contribution >= 0.6 is 0 Å². The molecule has 0 aliphatic carbocycles. The van der Waals surface area contributed by atoms with E-state index in [-0.39, 0.29) is 6.04 Å². The highest BCUT2D eigenvalue weighted by molar-refractivity contribution is 5.18. The molecule has 0 spiro atoms. The lowest BCUT2D eigenvalue weighted by molar-refractivity contribution is 0.113. The minimum absolute atomic E-state index is 0.196. The second kappa shape index (κ2) is 7.24. The van der Waals surface area contributed by atoms with E-state index in [1.54, 1.807) is 0 Å². The maximum atomic E-state index is 6.26. The van der Waals surface area contributed by atoms with Gasteiger partial charge in [-0.05, 0) is 56.3 Å². The molecule has 0 saturated carbocycles. The highest BCUT2D eigenvalue weighted by Gasteiger charge is 2.27. The third-order valence-electron chi connectivity index (χ3n) is 5.13. The fourth-order valence-electron chi connectivity index (χ4n) is 3.07. The smallest absolute Gasteiger partial charge is 0.0295 e. The van der Waals surface area contributed by atoms with Crippen LogP contribution < -0.4 is 5.73 Å². The summed E-state index contributed by atoms with van der Waals surface area (Å²) in [4.78, 5) is 2.62. The van der Waals surface area contributed by atoms with Crippen LogP contribution in [0.4, 0.5) is 0 Å². The van der Waals surface area contributed by atoms with E-state index in [0.29, 0.717) is 5.41 Å². The van der Waals surface area contributed by atoms with E-state index in [9.17, 15) is 0 Å². The summed E-state index contributed by atoms with van der Waals surface area (Å²) in [7, 11) is 0. The Balaban J connectivity index is 1.67. The Morgan fingerprint density at radius 2 is 1.85 bits per heavy atom. The lowest BCUT2D eigenvalue weighted by Gasteiger charge is -2.39. The minimum atomic E-state index is 0.196. The first-order valence-corrected chi connectivity index (χ1v) is 8.16. The van der Waals surface area contributed by atoms with Crippen LogP contribution in [0.5, 0.6) is 0 Å². The van der Waals surface area contributed by atoms with E-state index < -0.39 is 0 Å². The highest BCUT2D eigenvalue weighted by Crippen LogP contribution is 2.33. The molecule has 1 aliphatic heterocycles. The number of benzene rings is 1. The number of nitrogens with zero attached hydrogens (tertiary/aromatic N) is 1. The predicted molar refractivity (Wildman–Crippen MR) is 86.7 cm³/mol. The van der Waals surface area contributed by atoms with Gasteiger partial charge in [-0.3, -0.25) is 0 Å². The fourth-order valence-corrected chi connectivity index (χ4v) is 3.07. The van der Waals surface area contributed by atoms with Crippen molar-refractivity contribution in [2.75, 3.05) is 19.6 Å². The zero-order valence-corrected chi connectivity index (χ0v) is 13.1. The molecule has 0 radical (unpaired) electrons. The maximum Gasteiger partial charge on any atom is 0.0295 e. The Hall–Kier alpha value is -0.860. The van der Waals surface area contributed by atoms with Crippen molar-refractivity contribution >= 4 is 0 Å². The largest absolute Gasteiger partial charge is 0.324 e. The normalized spacial score (nSPS) is 20.8. The fraction of sp³-hybridized carbons (Fsp3) is 0.667. The van der Waals surface area contributed by atoms with Gasteiger partial charge in [-0.1, -0.05) is 50.6 Å². The summed E-state index contributed by atoms with van der Waals surface area (Å²) in [5.74, 6) is 0. The zero-order chi connectivity index (χ0) is 14.4. The Bertz CT molecular complexity index is 380. The van der Waals surface area contributed by atoms with Crippen molar-refractivity contribution in [3.8, 4) is 0 Å². The first-order chi connectivity index (χ1) is 9.63. The Morgan fingerprint density at radius 1 is 1.20 bits per heavy atom. The Morgan fingerprint density at radius 3 is 2.45 bits per heavy atom. The van der Waals surface area contributed by atoms with Gasteiger partial charge in [0.1, 0.15) is 0 Å². The van der Waals surface area contributed by atoms with Crippen LogP contribution in [-0.4, -0.2) is 24.5 Å². The second-order valence-corrected chi connectivity index (χ2v) is 6.67. The molecule has 1 atom stereocenters. The number of piperidine rings is 1. The van der Waals surface area contributed by atoms with Gasteiger partial charge >= 0.3 is 0 Å². The van der Waals surface area contributed by atoms with E-state index in [0.717, 1.165) is 6.42 Å². The van der Waals surface area contributed by atoms with Gasteiger partial charge in [-0.25, -0.2) is 0 Å². The average molecular weight is 274 g/mol. The Labute approximate surface area is 124 Å². The molecular formula is C18H30N2. The number of likely N-dealkylation sites (tertiary alicyclic amines) is 1. The van der Waals surface area contributed by atoms with Crippen molar-refractivity contribution < 1.29 is 0 Å². The number of rotatable bonds is 6. The average Bonchev–Trinajstić information content (AvgIpc) is 2.50. The molecule has 2 nitrogen and oxygen atoms in total. The lowest BCUT2D eigenvalue weighted by atomic mass is 9.78. The van der Waals surface area contributed by atoms with E-state index in [4.69, 9.17) is 5.73 Å². The summed E-state index contributed by atoms with van der Waals surface area (Å²) in [6, 6.07) is 10.7. The van der Waals surface area contributed by atoms with Gasteiger partial charge in [0.2, 0.25) is 0 Å². The van der Waals surface area contributed by atoms with Gasteiger partial charge in [0.15, 0.2) is 0 Å². The van der Waals surface area contributed by atoms with Crippen molar-refractivity contribution in [3.63, 3.8) is 0 Å². The van der Waals surface area contributed by atoms with Gasteiger partial charge in [0.05, 0.1) is 0 Å². The second-order valence-electron chi connectivity index (χ2n) is 6.67. The molecule has 0 bridgehead atoms. The van der Waals surface area contributed by atoms with Crippen LogP contribution in [0, 0.1) is 5.41 Å². The van der Waals surface area contributed by atoms with Gasteiger partial charge in [-0.2, -0.15) is 0 Å². The lowest BCUT2D eigenvalue weighted by Crippen LogP contribution is -2.39. The Kier molecular flexibility index (Phi) is 5.62. The maximum absolute atomic E-state index is 6.26. The first kappa shape index (κ1) is 15.5. The molecule has 2 heteroatoms. The van der Waals surface area contributed by atoms with E-state index in [2.05, 4.69) is 49.1 Å². The number of nitrogens with two attached hydrogens (primary N) is 1. The minimum Gasteiger partial charge on any atom is -0.324 e.